The number of thiophene rings is 1. The summed E-state index contributed by atoms with van der Waals surface area (Å²) in [5.41, 5.74) is 0. The van der Waals surface area contributed by atoms with Crippen LogP contribution in [0.25, 0.3) is 0 Å². The van der Waals surface area contributed by atoms with Crippen LogP contribution in [-0.2, 0) is 4.79 Å². The molecule has 0 bridgehead atoms. The number of carbonyl (C=O) groups is 2. The summed E-state index contributed by atoms with van der Waals surface area (Å²) in [6, 6.07) is 5.12. The molecular formula is C13H15N3O3S. The van der Waals surface area contributed by atoms with Crippen LogP contribution in [0.3, 0.4) is 0 Å². The highest BCUT2D eigenvalue weighted by atomic mass is 32.1. The van der Waals surface area contributed by atoms with Gasteiger partial charge in [-0.1, -0.05) is 18.1 Å². The summed E-state index contributed by atoms with van der Waals surface area (Å²) in [4.78, 5) is 26.3. The first-order chi connectivity index (χ1) is 9.70. The van der Waals surface area contributed by atoms with Gasteiger partial charge >= 0.3 is 0 Å². The van der Waals surface area contributed by atoms with E-state index in [9.17, 15) is 9.59 Å². The van der Waals surface area contributed by atoms with Crippen LogP contribution in [0.15, 0.2) is 34.4 Å². The molecule has 20 heavy (non-hydrogen) atoms. The van der Waals surface area contributed by atoms with Crippen LogP contribution in [-0.4, -0.2) is 35.0 Å². The lowest BCUT2D eigenvalue weighted by molar-refractivity contribution is -0.116. The SMILES string of the molecule is CCCN(CC(=O)Nc1ccon1)C(=O)c1cccs1. The van der Waals surface area contributed by atoms with Gasteiger partial charge in [-0.05, 0) is 17.9 Å². The molecule has 0 fully saturated rings. The number of anilines is 1. The molecule has 2 heterocycles. The van der Waals surface area contributed by atoms with E-state index < -0.39 is 0 Å². The topological polar surface area (TPSA) is 75.4 Å². The first kappa shape index (κ1) is 14.3. The molecule has 0 atom stereocenters. The van der Waals surface area contributed by atoms with Gasteiger partial charge in [0.25, 0.3) is 5.91 Å². The van der Waals surface area contributed by atoms with Crippen molar-refractivity contribution in [3.8, 4) is 0 Å². The summed E-state index contributed by atoms with van der Waals surface area (Å²) in [5.74, 6) is -0.0792. The fraction of sp³-hybridized carbons (Fsp3) is 0.308. The van der Waals surface area contributed by atoms with Crippen molar-refractivity contribution in [3.05, 3.63) is 34.7 Å². The third-order valence-electron chi connectivity index (χ3n) is 2.55. The van der Waals surface area contributed by atoms with Gasteiger partial charge in [0, 0.05) is 12.6 Å². The maximum Gasteiger partial charge on any atom is 0.264 e. The van der Waals surface area contributed by atoms with E-state index in [4.69, 9.17) is 0 Å². The van der Waals surface area contributed by atoms with Crippen LogP contribution < -0.4 is 5.32 Å². The van der Waals surface area contributed by atoms with E-state index in [1.54, 1.807) is 12.1 Å². The van der Waals surface area contributed by atoms with Gasteiger partial charge in [-0.25, -0.2) is 0 Å². The molecule has 0 aromatic carbocycles. The molecule has 0 aliphatic heterocycles. The van der Waals surface area contributed by atoms with E-state index in [1.165, 1.54) is 22.5 Å². The number of hydrogen-bond acceptors (Lipinski definition) is 5. The Labute approximate surface area is 120 Å². The molecule has 2 aromatic rings. The fourth-order valence-electron chi connectivity index (χ4n) is 1.71. The van der Waals surface area contributed by atoms with Crippen molar-refractivity contribution in [3.63, 3.8) is 0 Å². The summed E-state index contributed by atoms with van der Waals surface area (Å²) in [6.45, 7) is 2.49. The Morgan fingerprint density at radius 3 is 2.90 bits per heavy atom. The number of aromatic nitrogens is 1. The molecule has 0 unspecified atom stereocenters. The molecule has 1 N–H and O–H groups in total. The Hall–Kier alpha value is -2.15. The second kappa shape index (κ2) is 6.85. The molecule has 0 saturated heterocycles. The molecule has 2 rings (SSSR count). The van der Waals surface area contributed by atoms with E-state index in [0.717, 1.165) is 6.42 Å². The zero-order chi connectivity index (χ0) is 14.4. The standard InChI is InChI=1S/C13H15N3O3S/c1-2-6-16(13(18)10-4-3-8-20-10)9-12(17)14-11-5-7-19-15-11/h3-5,7-8H,2,6,9H2,1H3,(H,14,15,17). The van der Waals surface area contributed by atoms with Crippen molar-refractivity contribution in [2.75, 3.05) is 18.4 Å². The molecule has 106 valence electrons. The Bertz CT molecular complexity index is 551. The summed E-state index contributed by atoms with van der Waals surface area (Å²) in [5, 5.41) is 8.01. The molecule has 0 spiro atoms. The van der Waals surface area contributed by atoms with E-state index in [1.807, 2.05) is 18.4 Å². The third-order valence-corrected chi connectivity index (χ3v) is 3.41. The van der Waals surface area contributed by atoms with Gasteiger partial charge in [0.2, 0.25) is 5.91 Å². The summed E-state index contributed by atoms with van der Waals surface area (Å²) < 4.78 is 4.63. The van der Waals surface area contributed by atoms with Gasteiger partial charge in [0.15, 0.2) is 5.82 Å². The third kappa shape index (κ3) is 3.67. The van der Waals surface area contributed by atoms with E-state index in [-0.39, 0.29) is 18.4 Å². The first-order valence-electron chi connectivity index (χ1n) is 6.23. The molecule has 7 heteroatoms. The van der Waals surface area contributed by atoms with Crippen molar-refractivity contribution >= 4 is 29.0 Å². The van der Waals surface area contributed by atoms with Gasteiger partial charge in [-0.15, -0.1) is 11.3 Å². The normalized spacial score (nSPS) is 10.2. The molecule has 2 amide bonds. The van der Waals surface area contributed by atoms with Gasteiger partial charge in [-0.2, -0.15) is 0 Å². The predicted octanol–water partition coefficient (Wildman–Crippen LogP) is 2.23. The summed E-state index contributed by atoms with van der Waals surface area (Å²) in [6.07, 6.45) is 2.16. The molecular weight excluding hydrogens is 278 g/mol. The number of amides is 2. The smallest absolute Gasteiger partial charge is 0.264 e. The number of rotatable bonds is 6. The minimum Gasteiger partial charge on any atom is -0.363 e. The van der Waals surface area contributed by atoms with Crippen LogP contribution in [0.1, 0.15) is 23.0 Å². The average molecular weight is 293 g/mol. The van der Waals surface area contributed by atoms with Crippen molar-refractivity contribution in [1.29, 1.82) is 0 Å². The second-order valence-electron chi connectivity index (χ2n) is 4.14. The minimum atomic E-state index is -0.294. The lowest BCUT2D eigenvalue weighted by atomic mass is 10.3. The van der Waals surface area contributed by atoms with Crippen LogP contribution in [0.4, 0.5) is 5.82 Å². The molecule has 0 aliphatic rings. The fourth-order valence-corrected chi connectivity index (χ4v) is 2.40. The predicted molar refractivity (Wildman–Crippen MR) is 75.6 cm³/mol. The van der Waals surface area contributed by atoms with E-state index in [2.05, 4.69) is 15.0 Å². The maximum absolute atomic E-state index is 12.3. The summed E-state index contributed by atoms with van der Waals surface area (Å²) >= 11 is 1.37. The Morgan fingerprint density at radius 1 is 1.45 bits per heavy atom. The number of hydrogen-bond donors (Lipinski definition) is 1. The quantitative estimate of drug-likeness (QED) is 0.886. The van der Waals surface area contributed by atoms with Crippen LogP contribution >= 0.6 is 11.3 Å². The van der Waals surface area contributed by atoms with Crippen molar-refractivity contribution < 1.29 is 14.1 Å². The number of nitrogens with one attached hydrogen (secondary N) is 1. The minimum absolute atomic E-state index is 0.00255. The Kier molecular flexibility index (Phi) is 4.89. The highest BCUT2D eigenvalue weighted by molar-refractivity contribution is 7.12. The molecule has 0 radical (unpaired) electrons. The monoisotopic (exact) mass is 293 g/mol. The average Bonchev–Trinajstić information content (AvgIpc) is 3.10. The van der Waals surface area contributed by atoms with Crippen molar-refractivity contribution in [1.82, 2.24) is 10.1 Å². The Morgan fingerprint density at radius 2 is 2.30 bits per heavy atom. The zero-order valence-electron chi connectivity index (χ0n) is 11.0. The van der Waals surface area contributed by atoms with Gasteiger partial charge in [0.1, 0.15) is 12.8 Å². The largest absolute Gasteiger partial charge is 0.363 e. The van der Waals surface area contributed by atoms with E-state index >= 15 is 0 Å². The van der Waals surface area contributed by atoms with Crippen molar-refractivity contribution in [2.24, 2.45) is 0 Å². The molecule has 2 aromatic heterocycles. The number of carbonyl (C=O) groups excluding carboxylic acids is 2. The highest BCUT2D eigenvalue weighted by Crippen LogP contribution is 2.12. The molecule has 0 aliphatic carbocycles. The van der Waals surface area contributed by atoms with Crippen LogP contribution in [0.2, 0.25) is 0 Å². The second-order valence-corrected chi connectivity index (χ2v) is 5.08. The van der Waals surface area contributed by atoms with Crippen molar-refractivity contribution in [2.45, 2.75) is 13.3 Å². The maximum atomic E-state index is 12.3. The number of nitrogens with zero attached hydrogens (tertiary/aromatic N) is 2. The lowest BCUT2D eigenvalue weighted by Crippen LogP contribution is -2.38. The zero-order valence-corrected chi connectivity index (χ0v) is 11.9. The molecule has 6 nitrogen and oxygen atoms in total. The van der Waals surface area contributed by atoms with Gasteiger partial charge in [0.05, 0.1) is 4.88 Å². The first-order valence-corrected chi connectivity index (χ1v) is 7.11. The lowest BCUT2D eigenvalue weighted by Gasteiger charge is -2.20. The van der Waals surface area contributed by atoms with Gasteiger partial charge in [-0.3, -0.25) is 9.59 Å². The Balaban J connectivity index is 1.98. The highest BCUT2D eigenvalue weighted by Gasteiger charge is 2.19. The van der Waals surface area contributed by atoms with Gasteiger partial charge < -0.3 is 14.7 Å². The van der Waals surface area contributed by atoms with Crippen LogP contribution in [0, 0.1) is 0 Å². The molecule has 0 saturated carbocycles. The van der Waals surface area contributed by atoms with E-state index in [0.29, 0.717) is 17.2 Å². The van der Waals surface area contributed by atoms with Crippen LogP contribution in [0.5, 0.6) is 0 Å². The summed E-state index contributed by atoms with van der Waals surface area (Å²) in [7, 11) is 0.